The van der Waals surface area contributed by atoms with Crippen molar-refractivity contribution in [2.75, 3.05) is 13.1 Å². The van der Waals surface area contributed by atoms with Crippen LogP contribution in [0.3, 0.4) is 0 Å². The second kappa shape index (κ2) is 7.62. The number of aromatic nitrogens is 3. The van der Waals surface area contributed by atoms with Crippen molar-refractivity contribution in [3.05, 3.63) is 78.1 Å². The van der Waals surface area contributed by atoms with Crippen LogP contribution in [0.4, 0.5) is 0 Å². The molecule has 132 valence electrons. The van der Waals surface area contributed by atoms with E-state index in [9.17, 15) is 4.79 Å². The summed E-state index contributed by atoms with van der Waals surface area (Å²) >= 11 is 0. The van der Waals surface area contributed by atoms with Gasteiger partial charge < -0.3 is 0 Å². The van der Waals surface area contributed by atoms with E-state index < -0.39 is 0 Å². The van der Waals surface area contributed by atoms with E-state index in [1.165, 1.54) is 0 Å². The number of hydrogen-bond acceptors (Lipinski definition) is 4. The van der Waals surface area contributed by atoms with Crippen LogP contribution in [0, 0.1) is 5.92 Å². The number of nitrogens with zero attached hydrogens (tertiary/aromatic N) is 4. The highest BCUT2D eigenvalue weighted by Crippen LogP contribution is 2.22. The molecule has 1 fully saturated rings. The second-order valence-corrected chi connectivity index (χ2v) is 6.77. The van der Waals surface area contributed by atoms with E-state index >= 15 is 0 Å². The number of Topliss-reactive ketones (excluding diaryl/α,β-unsaturated/α-hetero) is 1. The zero-order chi connectivity index (χ0) is 17.8. The molecule has 2 heterocycles. The first kappa shape index (κ1) is 16.7. The maximum atomic E-state index is 12.6. The van der Waals surface area contributed by atoms with E-state index in [1.807, 2.05) is 66.9 Å². The molecule has 5 nitrogen and oxygen atoms in total. The summed E-state index contributed by atoms with van der Waals surface area (Å²) in [6.07, 6.45) is 3.79. The van der Waals surface area contributed by atoms with Crippen LogP contribution in [-0.2, 0) is 6.54 Å². The Hall–Kier alpha value is -2.79. The van der Waals surface area contributed by atoms with Crippen molar-refractivity contribution in [1.29, 1.82) is 0 Å². The molecule has 0 aliphatic carbocycles. The van der Waals surface area contributed by atoms with Gasteiger partial charge in [0.15, 0.2) is 5.78 Å². The lowest BCUT2D eigenvalue weighted by Crippen LogP contribution is -2.36. The van der Waals surface area contributed by atoms with Gasteiger partial charge in [-0.2, -0.15) is 0 Å². The van der Waals surface area contributed by atoms with Crippen molar-refractivity contribution < 1.29 is 4.79 Å². The van der Waals surface area contributed by atoms with Crippen LogP contribution in [0.25, 0.3) is 5.69 Å². The normalized spacial score (nSPS) is 15.8. The maximum absolute atomic E-state index is 12.6. The van der Waals surface area contributed by atoms with Gasteiger partial charge in [0.1, 0.15) is 0 Å². The van der Waals surface area contributed by atoms with Crippen molar-refractivity contribution in [3.63, 3.8) is 0 Å². The predicted molar refractivity (Wildman–Crippen MR) is 100 cm³/mol. The van der Waals surface area contributed by atoms with Crippen LogP contribution in [-0.4, -0.2) is 38.8 Å². The number of likely N-dealkylation sites (tertiary alicyclic amines) is 1. The summed E-state index contributed by atoms with van der Waals surface area (Å²) < 4.78 is 1.81. The van der Waals surface area contributed by atoms with Gasteiger partial charge in [0.05, 0.1) is 17.6 Å². The second-order valence-electron chi connectivity index (χ2n) is 6.77. The fraction of sp³-hybridized carbons (Fsp3) is 0.286. The van der Waals surface area contributed by atoms with Gasteiger partial charge in [-0.05, 0) is 38.1 Å². The predicted octanol–water partition coefficient (Wildman–Crippen LogP) is 3.36. The average molecular weight is 346 g/mol. The zero-order valence-corrected chi connectivity index (χ0v) is 14.7. The summed E-state index contributed by atoms with van der Waals surface area (Å²) in [5, 5.41) is 8.51. The lowest BCUT2D eigenvalue weighted by atomic mass is 9.89. The fourth-order valence-electron chi connectivity index (χ4n) is 3.50. The first-order valence-electron chi connectivity index (χ1n) is 9.08. The topological polar surface area (TPSA) is 51.0 Å². The van der Waals surface area contributed by atoms with Gasteiger partial charge in [0.25, 0.3) is 0 Å². The van der Waals surface area contributed by atoms with Crippen LogP contribution in [0.5, 0.6) is 0 Å². The fourth-order valence-corrected chi connectivity index (χ4v) is 3.50. The molecule has 1 saturated heterocycles. The first-order valence-corrected chi connectivity index (χ1v) is 9.08. The molecule has 0 saturated carbocycles. The van der Waals surface area contributed by atoms with E-state index in [1.54, 1.807) is 4.68 Å². The summed E-state index contributed by atoms with van der Waals surface area (Å²) in [5.74, 6) is 0.411. The smallest absolute Gasteiger partial charge is 0.166 e. The molecule has 0 amide bonds. The van der Waals surface area contributed by atoms with Crippen LogP contribution in [0.1, 0.15) is 28.9 Å². The Balaban J connectivity index is 1.33. The minimum Gasteiger partial charge on any atom is -0.297 e. The van der Waals surface area contributed by atoms with Crippen molar-refractivity contribution in [1.82, 2.24) is 19.9 Å². The van der Waals surface area contributed by atoms with Gasteiger partial charge in [-0.15, -0.1) is 5.10 Å². The number of piperidine rings is 1. The van der Waals surface area contributed by atoms with Gasteiger partial charge in [0.2, 0.25) is 0 Å². The Morgan fingerprint density at radius 1 is 0.962 bits per heavy atom. The molecule has 0 spiro atoms. The lowest BCUT2D eigenvalue weighted by Gasteiger charge is -2.30. The van der Waals surface area contributed by atoms with Gasteiger partial charge in [-0.25, -0.2) is 4.68 Å². The lowest BCUT2D eigenvalue weighted by molar-refractivity contribution is 0.0834. The highest BCUT2D eigenvalue weighted by atomic mass is 16.1. The van der Waals surface area contributed by atoms with Crippen LogP contribution in [0.15, 0.2) is 66.9 Å². The molecule has 0 radical (unpaired) electrons. The van der Waals surface area contributed by atoms with Crippen molar-refractivity contribution >= 4 is 5.78 Å². The summed E-state index contributed by atoms with van der Waals surface area (Å²) in [7, 11) is 0. The molecule has 5 heteroatoms. The molecule has 0 N–H and O–H groups in total. The van der Waals surface area contributed by atoms with Gasteiger partial charge in [-0.1, -0.05) is 53.7 Å². The highest BCUT2D eigenvalue weighted by Gasteiger charge is 2.26. The van der Waals surface area contributed by atoms with Crippen molar-refractivity contribution in [2.24, 2.45) is 5.92 Å². The number of carbonyl (C=O) groups is 1. The molecule has 0 atom stereocenters. The molecule has 2 aromatic carbocycles. The monoisotopic (exact) mass is 346 g/mol. The molecule has 26 heavy (non-hydrogen) atoms. The molecular weight excluding hydrogens is 324 g/mol. The molecule has 1 aliphatic rings. The highest BCUT2D eigenvalue weighted by molar-refractivity contribution is 5.97. The maximum Gasteiger partial charge on any atom is 0.166 e. The van der Waals surface area contributed by atoms with E-state index in [2.05, 4.69) is 15.2 Å². The minimum absolute atomic E-state index is 0.133. The molecule has 1 aliphatic heterocycles. The Morgan fingerprint density at radius 2 is 1.62 bits per heavy atom. The Kier molecular flexibility index (Phi) is 4.88. The molecule has 0 bridgehead atoms. The number of hydrogen-bond donors (Lipinski definition) is 0. The van der Waals surface area contributed by atoms with E-state index in [-0.39, 0.29) is 11.7 Å². The van der Waals surface area contributed by atoms with Gasteiger partial charge in [0, 0.05) is 18.0 Å². The van der Waals surface area contributed by atoms with Crippen LogP contribution < -0.4 is 0 Å². The largest absolute Gasteiger partial charge is 0.297 e. The number of benzene rings is 2. The number of carbonyl (C=O) groups excluding carboxylic acids is 1. The van der Waals surface area contributed by atoms with Crippen molar-refractivity contribution in [3.8, 4) is 5.69 Å². The third-order valence-electron chi connectivity index (χ3n) is 4.96. The minimum atomic E-state index is 0.133. The summed E-state index contributed by atoms with van der Waals surface area (Å²) in [4.78, 5) is 14.9. The summed E-state index contributed by atoms with van der Waals surface area (Å²) in [5.41, 5.74) is 2.80. The number of para-hydroxylation sites is 1. The zero-order valence-electron chi connectivity index (χ0n) is 14.7. The summed E-state index contributed by atoms with van der Waals surface area (Å²) in [6.45, 7) is 2.61. The standard InChI is InChI=1S/C21H22N4O/c26-21(17-7-3-1-4-8-17)18-11-13-24(14-12-18)15-19-16-25(23-22-19)20-9-5-2-6-10-20/h1-10,16,18H,11-15H2. The Morgan fingerprint density at radius 3 is 2.31 bits per heavy atom. The van der Waals surface area contributed by atoms with Crippen LogP contribution >= 0.6 is 0 Å². The molecule has 4 rings (SSSR count). The van der Waals surface area contributed by atoms with Gasteiger partial charge >= 0.3 is 0 Å². The quantitative estimate of drug-likeness (QED) is 0.665. The molecule has 3 aromatic rings. The SMILES string of the molecule is O=C(c1ccccc1)C1CCN(Cc2cn(-c3ccccc3)nn2)CC1. The van der Waals surface area contributed by atoms with Gasteiger partial charge in [-0.3, -0.25) is 9.69 Å². The summed E-state index contributed by atoms with van der Waals surface area (Å²) in [6, 6.07) is 19.6. The van der Waals surface area contributed by atoms with Crippen molar-refractivity contribution in [2.45, 2.75) is 19.4 Å². The first-order chi connectivity index (χ1) is 12.8. The third kappa shape index (κ3) is 3.73. The number of rotatable bonds is 5. The number of ketones is 1. The Labute approximate surface area is 153 Å². The van der Waals surface area contributed by atoms with E-state index in [0.717, 1.165) is 49.4 Å². The average Bonchev–Trinajstić information content (AvgIpc) is 3.18. The van der Waals surface area contributed by atoms with E-state index in [4.69, 9.17) is 0 Å². The molecule has 0 unspecified atom stereocenters. The molecule has 1 aromatic heterocycles. The Bertz CT molecular complexity index is 852. The molecular formula is C21H22N4O. The van der Waals surface area contributed by atoms with Crippen LogP contribution in [0.2, 0.25) is 0 Å². The third-order valence-corrected chi connectivity index (χ3v) is 4.96. The van der Waals surface area contributed by atoms with E-state index in [0.29, 0.717) is 0 Å².